The standard InChI is InChI=1S/C16H21N3O2S/c1-11-7-8-13-12(10-11)15(21)19(4)16(17-13)22-9-5-6-14(20)18(2)3/h7-8,10H,5-6,9H2,1-4H3. The molecule has 0 aliphatic carbocycles. The van der Waals surface area contributed by atoms with Crippen LogP contribution in [0.1, 0.15) is 18.4 Å². The van der Waals surface area contributed by atoms with Gasteiger partial charge in [-0.3, -0.25) is 14.2 Å². The van der Waals surface area contributed by atoms with Crippen molar-refractivity contribution in [3.63, 3.8) is 0 Å². The molecule has 118 valence electrons. The van der Waals surface area contributed by atoms with E-state index in [9.17, 15) is 9.59 Å². The minimum atomic E-state index is -0.0273. The van der Waals surface area contributed by atoms with Crippen LogP contribution in [0.3, 0.4) is 0 Å². The molecular formula is C16H21N3O2S. The second kappa shape index (κ2) is 6.96. The number of carbonyl (C=O) groups is 1. The number of rotatable bonds is 5. The van der Waals surface area contributed by atoms with Gasteiger partial charge in [-0.1, -0.05) is 23.4 Å². The average Bonchev–Trinajstić information content (AvgIpc) is 2.48. The fraction of sp³-hybridized carbons (Fsp3) is 0.438. The first-order chi connectivity index (χ1) is 10.4. The SMILES string of the molecule is Cc1ccc2nc(SCCCC(=O)N(C)C)n(C)c(=O)c2c1. The molecule has 0 unspecified atom stereocenters. The second-order valence-electron chi connectivity index (χ2n) is 5.52. The number of amides is 1. The molecule has 22 heavy (non-hydrogen) atoms. The number of aryl methyl sites for hydroxylation is 1. The molecule has 0 bridgehead atoms. The number of fused-ring (bicyclic) bond motifs is 1. The molecule has 5 nitrogen and oxygen atoms in total. The molecule has 0 atom stereocenters. The Bertz CT molecular complexity index is 753. The van der Waals surface area contributed by atoms with Crippen molar-refractivity contribution in [1.82, 2.24) is 14.5 Å². The topological polar surface area (TPSA) is 55.2 Å². The average molecular weight is 319 g/mol. The van der Waals surface area contributed by atoms with Crippen LogP contribution >= 0.6 is 11.8 Å². The van der Waals surface area contributed by atoms with E-state index in [4.69, 9.17) is 0 Å². The van der Waals surface area contributed by atoms with Crippen molar-refractivity contribution in [2.45, 2.75) is 24.9 Å². The molecule has 2 rings (SSSR count). The van der Waals surface area contributed by atoms with E-state index in [2.05, 4.69) is 4.98 Å². The maximum atomic E-state index is 12.4. The molecule has 1 aromatic carbocycles. The lowest BCUT2D eigenvalue weighted by Gasteiger charge is -2.11. The second-order valence-corrected chi connectivity index (χ2v) is 6.58. The van der Waals surface area contributed by atoms with Gasteiger partial charge in [-0.2, -0.15) is 0 Å². The zero-order chi connectivity index (χ0) is 16.3. The van der Waals surface area contributed by atoms with Gasteiger partial charge in [0.1, 0.15) is 0 Å². The van der Waals surface area contributed by atoms with Gasteiger partial charge in [0.05, 0.1) is 10.9 Å². The maximum absolute atomic E-state index is 12.4. The van der Waals surface area contributed by atoms with Gasteiger partial charge in [-0.25, -0.2) is 4.98 Å². The number of hydrogen-bond acceptors (Lipinski definition) is 4. The number of benzene rings is 1. The fourth-order valence-electron chi connectivity index (χ4n) is 2.10. The molecule has 1 aromatic heterocycles. The van der Waals surface area contributed by atoms with E-state index in [1.165, 1.54) is 11.8 Å². The number of hydrogen-bond donors (Lipinski definition) is 0. The predicted molar refractivity (Wildman–Crippen MR) is 90.4 cm³/mol. The highest BCUT2D eigenvalue weighted by atomic mass is 32.2. The number of carbonyl (C=O) groups excluding carboxylic acids is 1. The van der Waals surface area contributed by atoms with Crippen molar-refractivity contribution in [1.29, 1.82) is 0 Å². The van der Waals surface area contributed by atoms with Crippen molar-refractivity contribution < 1.29 is 4.79 Å². The smallest absolute Gasteiger partial charge is 0.261 e. The summed E-state index contributed by atoms with van der Waals surface area (Å²) in [5, 5.41) is 1.34. The number of nitrogens with zero attached hydrogens (tertiary/aromatic N) is 3. The minimum absolute atomic E-state index is 0.0273. The molecule has 1 heterocycles. The normalized spacial score (nSPS) is 10.9. The fourth-order valence-corrected chi connectivity index (χ4v) is 3.01. The molecule has 0 aliphatic rings. The van der Waals surface area contributed by atoms with Gasteiger partial charge in [0, 0.05) is 33.3 Å². The number of thioether (sulfide) groups is 1. The summed E-state index contributed by atoms with van der Waals surface area (Å²) in [6.45, 7) is 1.96. The molecule has 2 aromatic rings. The summed E-state index contributed by atoms with van der Waals surface area (Å²) < 4.78 is 1.58. The van der Waals surface area contributed by atoms with Gasteiger partial charge in [0.25, 0.3) is 5.56 Å². The van der Waals surface area contributed by atoms with E-state index in [0.29, 0.717) is 17.0 Å². The van der Waals surface area contributed by atoms with Crippen LogP contribution in [-0.4, -0.2) is 40.2 Å². The summed E-state index contributed by atoms with van der Waals surface area (Å²) in [4.78, 5) is 30.1. The Kier molecular flexibility index (Phi) is 5.24. The highest BCUT2D eigenvalue weighted by Crippen LogP contribution is 2.19. The third-order valence-corrected chi connectivity index (χ3v) is 4.57. The first-order valence-electron chi connectivity index (χ1n) is 7.20. The Labute approximate surface area is 134 Å². The molecule has 0 N–H and O–H groups in total. The van der Waals surface area contributed by atoms with E-state index >= 15 is 0 Å². The third-order valence-electron chi connectivity index (χ3n) is 3.46. The van der Waals surface area contributed by atoms with E-state index in [1.807, 2.05) is 25.1 Å². The lowest BCUT2D eigenvalue weighted by atomic mass is 10.2. The quantitative estimate of drug-likeness (QED) is 0.482. The monoisotopic (exact) mass is 319 g/mol. The first kappa shape index (κ1) is 16.5. The van der Waals surface area contributed by atoms with Crippen molar-refractivity contribution in [2.24, 2.45) is 7.05 Å². The summed E-state index contributed by atoms with van der Waals surface area (Å²) in [7, 11) is 5.25. The van der Waals surface area contributed by atoms with Gasteiger partial charge in [0.2, 0.25) is 5.91 Å². The Morgan fingerprint density at radius 3 is 2.77 bits per heavy atom. The van der Waals surface area contributed by atoms with Crippen LogP contribution < -0.4 is 5.56 Å². The Morgan fingerprint density at radius 1 is 1.36 bits per heavy atom. The van der Waals surface area contributed by atoms with Crippen LogP contribution in [0.2, 0.25) is 0 Å². The first-order valence-corrected chi connectivity index (χ1v) is 8.19. The van der Waals surface area contributed by atoms with E-state index in [-0.39, 0.29) is 11.5 Å². The van der Waals surface area contributed by atoms with Crippen LogP contribution in [0.4, 0.5) is 0 Å². The molecule has 0 saturated carbocycles. The van der Waals surface area contributed by atoms with Gasteiger partial charge < -0.3 is 4.90 Å². The summed E-state index contributed by atoms with van der Waals surface area (Å²) in [6, 6.07) is 5.71. The van der Waals surface area contributed by atoms with E-state index in [0.717, 1.165) is 23.3 Å². The number of aromatic nitrogens is 2. The molecule has 0 aliphatic heterocycles. The summed E-state index contributed by atoms with van der Waals surface area (Å²) in [5.41, 5.74) is 1.75. The molecular weight excluding hydrogens is 298 g/mol. The molecule has 1 amide bonds. The predicted octanol–water partition coefficient (Wildman–Crippen LogP) is 2.20. The summed E-state index contributed by atoms with van der Waals surface area (Å²) >= 11 is 1.52. The van der Waals surface area contributed by atoms with Gasteiger partial charge in [-0.15, -0.1) is 0 Å². The van der Waals surface area contributed by atoms with Crippen molar-refractivity contribution in [3.05, 3.63) is 34.1 Å². The Hall–Kier alpha value is -1.82. The van der Waals surface area contributed by atoms with Gasteiger partial charge >= 0.3 is 0 Å². The zero-order valence-electron chi connectivity index (χ0n) is 13.4. The Balaban J connectivity index is 2.12. The van der Waals surface area contributed by atoms with Crippen LogP contribution in [0.25, 0.3) is 10.9 Å². The van der Waals surface area contributed by atoms with Gasteiger partial charge in [0.15, 0.2) is 5.16 Å². The largest absolute Gasteiger partial charge is 0.349 e. The van der Waals surface area contributed by atoms with Crippen molar-refractivity contribution >= 4 is 28.6 Å². The third kappa shape index (κ3) is 3.68. The van der Waals surface area contributed by atoms with Crippen LogP contribution in [0.15, 0.2) is 28.2 Å². The lowest BCUT2D eigenvalue weighted by Crippen LogP contribution is -2.21. The van der Waals surface area contributed by atoms with E-state index in [1.54, 1.807) is 30.6 Å². The minimum Gasteiger partial charge on any atom is -0.349 e. The van der Waals surface area contributed by atoms with Crippen LogP contribution in [-0.2, 0) is 11.8 Å². The summed E-state index contributed by atoms with van der Waals surface area (Å²) in [5.74, 6) is 0.883. The van der Waals surface area contributed by atoms with Crippen LogP contribution in [0, 0.1) is 6.92 Å². The molecule has 0 spiro atoms. The summed E-state index contributed by atoms with van der Waals surface area (Å²) in [6.07, 6.45) is 1.28. The maximum Gasteiger partial charge on any atom is 0.261 e. The molecule has 0 fully saturated rings. The van der Waals surface area contributed by atoms with Crippen molar-refractivity contribution in [3.8, 4) is 0 Å². The van der Waals surface area contributed by atoms with Crippen LogP contribution in [0.5, 0.6) is 0 Å². The van der Waals surface area contributed by atoms with E-state index < -0.39 is 0 Å². The lowest BCUT2D eigenvalue weighted by molar-refractivity contribution is -0.128. The zero-order valence-corrected chi connectivity index (χ0v) is 14.2. The van der Waals surface area contributed by atoms with Crippen molar-refractivity contribution in [2.75, 3.05) is 19.8 Å². The molecule has 0 saturated heterocycles. The highest BCUT2D eigenvalue weighted by Gasteiger charge is 2.09. The Morgan fingerprint density at radius 2 is 2.09 bits per heavy atom. The molecule has 6 heteroatoms. The van der Waals surface area contributed by atoms with Gasteiger partial charge in [-0.05, 0) is 25.5 Å². The highest BCUT2D eigenvalue weighted by molar-refractivity contribution is 7.99. The molecule has 0 radical (unpaired) electrons.